The van der Waals surface area contributed by atoms with Crippen LogP contribution in [0.2, 0.25) is 0 Å². The van der Waals surface area contributed by atoms with Crippen molar-refractivity contribution >= 4 is 38.7 Å². The van der Waals surface area contributed by atoms with Crippen LogP contribution in [0.3, 0.4) is 0 Å². The van der Waals surface area contributed by atoms with Gasteiger partial charge in [-0.3, -0.25) is 4.31 Å². The monoisotopic (exact) mass is 519 g/mol. The van der Waals surface area contributed by atoms with E-state index in [9.17, 15) is 8.42 Å². The molecule has 0 heterocycles. The van der Waals surface area contributed by atoms with Crippen LogP contribution in [0.4, 0.5) is 0 Å². The van der Waals surface area contributed by atoms with Gasteiger partial charge in [-0.15, -0.1) is 0 Å². The highest BCUT2D eigenvalue weighted by molar-refractivity contribution is 14.1. The van der Waals surface area contributed by atoms with Crippen molar-refractivity contribution in [3.05, 3.63) is 99.3 Å². The van der Waals surface area contributed by atoms with E-state index in [1.54, 1.807) is 19.2 Å². The van der Waals surface area contributed by atoms with E-state index in [1.807, 2.05) is 79.7 Å². The van der Waals surface area contributed by atoms with Gasteiger partial charge >= 0.3 is 0 Å². The molecule has 3 aromatic rings. The van der Waals surface area contributed by atoms with Crippen LogP contribution in [-0.2, 0) is 16.6 Å². The van der Waals surface area contributed by atoms with Gasteiger partial charge in [-0.2, -0.15) is 0 Å². The van der Waals surface area contributed by atoms with Crippen LogP contribution in [0, 0.1) is 6.92 Å². The molecule has 0 saturated heterocycles. The van der Waals surface area contributed by atoms with Crippen LogP contribution >= 0.6 is 22.6 Å². The first-order chi connectivity index (χ1) is 13.9. The fourth-order valence-corrected chi connectivity index (χ4v) is 5.42. The van der Waals surface area contributed by atoms with Gasteiger partial charge < -0.3 is 4.74 Å². The van der Waals surface area contributed by atoms with Crippen LogP contribution in [0.1, 0.15) is 16.7 Å². The Kier molecular flexibility index (Phi) is 6.97. The first kappa shape index (κ1) is 21.4. The topological polar surface area (TPSA) is 46.6 Å². The standard InChI is InChI=1S/C23H22INO3S/c1-18-8-14-22(15-9-18)29(26,27)25(17-20-6-4-3-5-7-20)23(24)16-19-10-12-21(28-2)13-11-19/h3-16H,17H2,1-2H3/b23-16-. The van der Waals surface area contributed by atoms with E-state index in [1.165, 1.54) is 4.31 Å². The molecule has 6 heteroatoms. The Bertz CT molecular complexity index is 1080. The number of sulfonamides is 1. The second-order valence-corrected chi connectivity index (χ2v) is 9.52. The van der Waals surface area contributed by atoms with Crippen molar-refractivity contribution in [3.8, 4) is 5.75 Å². The zero-order chi connectivity index (χ0) is 20.9. The molecule has 0 aliphatic heterocycles. The molecule has 0 atom stereocenters. The highest BCUT2D eigenvalue weighted by Crippen LogP contribution is 2.28. The zero-order valence-electron chi connectivity index (χ0n) is 16.2. The largest absolute Gasteiger partial charge is 0.497 e. The second kappa shape index (κ2) is 9.45. The number of ether oxygens (including phenoxy) is 1. The van der Waals surface area contributed by atoms with E-state index in [0.29, 0.717) is 3.70 Å². The highest BCUT2D eigenvalue weighted by Gasteiger charge is 2.26. The third-order valence-corrected chi connectivity index (χ3v) is 7.41. The minimum absolute atomic E-state index is 0.252. The van der Waals surface area contributed by atoms with E-state index >= 15 is 0 Å². The average Bonchev–Trinajstić information content (AvgIpc) is 2.73. The lowest BCUT2D eigenvalue weighted by molar-refractivity contribution is 0.415. The molecule has 3 aromatic carbocycles. The van der Waals surface area contributed by atoms with Crippen molar-refractivity contribution < 1.29 is 13.2 Å². The van der Waals surface area contributed by atoms with Crippen molar-refractivity contribution in [2.75, 3.05) is 7.11 Å². The normalized spacial score (nSPS) is 11.9. The predicted molar refractivity (Wildman–Crippen MR) is 125 cm³/mol. The van der Waals surface area contributed by atoms with Crippen molar-refractivity contribution in [2.24, 2.45) is 0 Å². The van der Waals surface area contributed by atoms with E-state index in [2.05, 4.69) is 22.6 Å². The van der Waals surface area contributed by atoms with Gasteiger partial charge in [0.25, 0.3) is 10.0 Å². The maximum atomic E-state index is 13.4. The Balaban J connectivity index is 2.01. The molecule has 0 radical (unpaired) electrons. The zero-order valence-corrected chi connectivity index (χ0v) is 19.2. The molecule has 3 rings (SSSR count). The van der Waals surface area contributed by atoms with Gasteiger partial charge in [-0.25, -0.2) is 8.42 Å². The molecule has 0 amide bonds. The van der Waals surface area contributed by atoms with Crippen molar-refractivity contribution in [2.45, 2.75) is 18.4 Å². The van der Waals surface area contributed by atoms with Gasteiger partial charge in [0.05, 0.1) is 22.3 Å². The molecule has 0 aromatic heterocycles. The van der Waals surface area contributed by atoms with E-state index in [4.69, 9.17) is 4.74 Å². The second-order valence-electron chi connectivity index (χ2n) is 6.55. The molecule has 0 saturated carbocycles. The Morgan fingerprint density at radius 2 is 1.59 bits per heavy atom. The SMILES string of the molecule is COc1ccc(/C=C(/I)N(Cc2ccccc2)S(=O)(=O)c2ccc(C)cc2)cc1. The first-order valence-corrected chi connectivity index (χ1v) is 11.6. The summed E-state index contributed by atoms with van der Waals surface area (Å²) in [6.07, 6.45) is 1.86. The van der Waals surface area contributed by atoms with Crippen LogP contribution in [0.25, 0.3) is 6.08 Å². The number of aryl methyl sites for hydroxylation is 1. The number of hydrogen-bond acceptors (Lipinski definition) is 3. The smallest absolute Gasteiger partial charge is 0.264 e. The van der Waals surface area contributed by atoms with Crippen LogP contribution in [0.15, 0.2) is 87.5 Å². The molecule has 0 fully saturated rings. The van der Waals surface area contributed by atoms with Crippen LogP contribution in [0.5, 0.6) is 5.75 Å². The minimum atomic E-state index is -3.72. The quantitative estimate of drug-likeness (QED) is 0.301. The molecule has 0 unspecified atom stereocenters. The molecular formula is C23H22INO3S. The van der Waals surface area contributed by atoms with E-state index in [-0.39, 0.29) is 11.4 Å². The summed E-state index contributed by atoms with van der Waals surface area (Å²) in [6.45, 7) is 2.19. The van der Waals surface area contributed by atoms with Gasteiger partial charge in [-0.05, 0) is 71.0 Å². The summed E-state index contributed by atoms with van der Waals surface area (Å²) in [6, 6.07) is 24.0. The van der Waals surface area contributed by atoms with Crippen molar-refractivity contribution in [1.82, 2.24) is 4.31 Å². The predicted octanol–water partition coefficient (Wildman–Crippen LogP) is 5.63. The summed E-state index contributed by atoms with van der Waals surface area (Å²) in [5.41, 5.74) is 2.83. The van der Waals surface area contributed by atoms with Gasteiger partial charge in [0.2, 0.25) is 0 Å². The summed E-state index contributed by atoms with van der Waals surface area (Å²) in [5.74, 6) is 0.755. The lowest BCUT2D eigenvalue weighted by Crippen LogP contribution is -2.28. The first-order valence-electron chi connectivity index (χ1n) is 9.05. The molecule has 0 bridgehead atoms. The molecule has 0 N–H and O–H groups in total. The summed E-state index contributed by atoms with van der Waals surface area (Å²) in [7, 11) is -2.10. The molecule has 29 heavy (non-hydrogen) atoms. The van der Waals surface area contributed by atoms with Crippen molar-refractivity contribution in [1.29, 1.82) is 0 Å². The Morgan fingerprint density at radius 3 is 2.17 bits per heavy atom. The number of nitrogens with zero attached hydrogens (tertiary/aromatic N) is 1. The highest BCUT2D eigenvalue weighted by atomic mass is 127. The van der Waals surface area contributed by atoms with Gasteiger partial charge in [-0.1, -0.05) is 60.2 Å². The molecule has 4 nitrogen and oxygen atoms in total. The van der Waals surface area contributed by atoms with E-state index < -0.39 is 10.0 Å². The van der Waals surface area contributed by atoms with Gasteiger partial charge in [0.15, 0.2) is 0 Å². The fraction of sp³-hybridized carbons (Fsp3) is 0.130. The number of methoxy groups -OCH3 is 1. The maximum absolute atomic E-state index is 13.4. The summed E-state index contributed by atoms with van der Waals surface area (Å²) in [4.78, 5) is 0.274. The average molecular weight is 519 g/mol. The molecule has 0 aliphatic rings. The van der Waals surface area contributed by atoms with E-state index in [0.717, 1.165) is 22.4 Å². The fourth-order valence-electron chi connectivity index (χ4n) is 2.77. The minimum Gasteiger partial charge on any atom is -0.497 e. The third kappa shape index (κ3) is 5.39. The third-order valence-electron chi connectivity index (χ3n) is 4.42. The lowest BCUT2D eigenvalue weighted by Gasteiger charge is -2.24. The summed E-state index contributed by atoms with van der Waals surface area (Å²) in [5, 5.41) is 0. The molecule has 0 spiro atoms. The Morgan fingerprint density at radius 1 is 0.966 bits per heavy atom. The summed E-state index contributed by atoms with van der Waals surface area (Å²) >= 11 is 2.09. The Hall–Kier alpha value is -2.32. The number of halogens is 1. The summed E-state index contributed by atoms with van der Waals surface area (Å²) < 4.78 is 34.1. The molecule has 150 valence electrons. The van der Waals surface area contributed by atoms with Gasteiger partial charge in [0, 0.05) is 0 Å². The molecular weight excluding hydrogens is 497 g/mol. The van der Waals surface area contributed by atoms with Crippen LogP contribution in [-0.4, -0.2) is 19.8 Å². The molecule has 0 aliphatic carbocycles. The Labute approximate surface area is 186 Å². The van der Waals surface area contributed by atoms with Crippen LogP contribution < -0.4 is 4.74 Å². The van der Waals surface area contributed by atoms with Crippen molar-refractivity contribution in [3.63, 3.8) is 0 Å². The lowest BCUT2D eigenvalue weighted by atomic mass is 10.2. The number of benzene rings is 3. The number of rotatable bonds is 7. The van der Waals surface area contributed by atoms with Gasteiger partial charge in [0.1, 0.15) is 5.75 Å². The maximum Gasteiger partial charge on any atom is 0.264 e. The number of hydrogen-bond donors (Lipinski definition) is 0.